The fraction of sp³-hybridized carbons (Fsp3) is 0.182. The van der Waals surface area contributed by atoms with Crippen LogP contribution in [0.3, 0.4) is 0 Å². The summed E-state index contributed by atoms with van der Waals surface area (Å²) in [5, 5.41) is 11.6. The van der Waals surface area contributed by atoms with E-state index in [1.54, 1.807) is 6.08 Å². The average Bonchev–Trinajstić information content (AvgIpc) is 2.16. The molecule has 1 aliphatic heterocycles. The third kappa shape index (κ3) is 2.34. The van der Waals surface area contributed by atoms with Gasteiger partial charge in [-0.2, -0.15) is 5.26 Å². The Morgan fingerprint density at radius 3 is 2.92 bits per heavy atom. The molecular weight excluding hydrogens is 160 g/mol. The number of dihydropyridines is 1. The second-order valence-corrected chi connectivity index (χ2v) is 3.07. The summed E-state index contributed by atoms with van der Waals surface area (Å²) in [7, 11) is 0. The molecule has 66 valence electrons. The van der Waals surface area contributed by atoms with Gasteiger partial charge in [-0.15, -0.1) is 0 Å². The summed E-state index contributed by atoms with van der Waals surface area (Å²) in [6.07, 6.45) is 10.9. The van der Waals surface area contributed by atoms with Crippen molar-refractivity contribution in [2.24, 2.45) is 0 Å². The first-order valence-corrected chi connectivity index (χ1v) is 4.07. The lowest BCUT2D eigenvalue weighted by Gasteiger charge is -2.25. The van der Waals surface area contributed by atoms with Crippen molar-refractivity contribution < 1.29 is 0 Å². The molecule has 0 radical (unpaired) electrons. The standard InChI is InChI=1S/C11H12N2/c1-3-10-5-7-11(2,13-9-10)6-4-8-12/h3-7,9,13H,1H2,2H3. The van der Waals surface area contributed by atoms with Gasteiger partial charge in [0.15, 0.2) is 0 Å². The molecule has 0 bridgehead atoms. The van der Waals surface area contributed by atoms with Gasteiger partial charge in [-0.05, 0) is 18.6 Å². The van der Waals surface area contributed by atoms with Crippen LogP contribution in [0.1, 0.15) is 6.92 Å². The van der Waals surface area contributed by atoms with Gasteiger partial charge in [-0.1, -0.05) is 24.8 Å². The van der Waals surface area contributed by atoms with Crippen molar-refractivity contribution in [2.45, 2.75) is 12.5 Å². The van der Waals surface area contributed by atoms with E-state index >= 15 is 0 Å². The van der Waals surface area contributed by atoms with Gasteiger partial charge in [0.1, 0.15) is 0 Å². The molecule has 0 saturated carbocycles. The van der Waals surface area contributed by atoms with E-state index in [2.05, 4.69) is 11.9 Å². The van der Waals surface area contributed by atoms with Crippen molar-refractivity contribution in [3.63, 3.8) is 0 Å². The van der Waals surface area contributed by atoms with Crippen LogP contribution in [0.4, 0.5) is 0 Å². The van der Waals surface area contributed by atoms with E-state index < -0.39 is 0 Å². The first-order chi connectivity index (χ1) is 6.20. The van der Waals surface area contributed by atoms with Crippen LogP contribution in [0, 0.1) is 11.3 Å². The van der Waals surface area contributed by atoms with Crippen LogP contribution in [0.15, 0.2) is 48.7 Å². The summed E-state index contributed by atoms with van der Waals surface area (Å²) in [4.78, 5) is 0. The molecule has 1 N–H and O–H groups in total. The van der Waals surface area contributed by atoms with Crippen LogP contribution in [0.25, 0.3) is 0 Å². The highest BCUT2D eigenvalue weighted by atomic mass is 14.9. The lowest BCUT2D eigenvalue weighted by Crippen LogP contribution is -2.36. The van der Waals surface area contributed by atoms with E-state index in [0.717, 1.165) is 5.57 Å². The number of allylic oxidation sites excluding steroid dienone is 4. The molecule has 2 heteroatoms. The predicted molar refractivity (Wildman–Crippen MR) is 53.7 cm³/mol. The molecule has 0 aromatic rings. The number of nitrogens with zero attached hydrogens (tertiary/aromatic N) is 1. The normalized spacial score (nSPS) is 26.3. The average molecular weight is 172 g/mol. The first-order valence-electron chi connectivity index (χ1n) is 4.07. The molecule has 0 spiro atoms. The van der Waals surface area contributed by atoms with Gasteiger partial charge in [0.25, 0.3) is 0 Å². The quantitative estimate of drug-likeness (QED) is 0.647. The van der Waals surface area contributed by atoms with Gasteiger partial charge in [-0.25, -0.2) is 0 Å². The molecule has 0 saturated heterocycles. The fourth-order valence-electron chi connectivity index (χ4n) is 1.05. The number of nitrogens with one attached hydrogen (secondary N) is 1. The Morgan fingerprint density at radius 2 is 2.46 bits per heavy atom. The lowest BCUT2D eigenvalue weighted by atomic mass is 9.97. The van der Waals surface area contributed by atoms with Crippen LogP contribution in [0.5, 0.6) is 0 Å². The predicted octanol–water partition coefficient (Wildman–Crippen LogP) is 2.05. The summed E-state index contributed by atoms with van der Waals surface area (Å²) in [6.45, 7) is 5.66. The zero-order valence-electron chi connectivity index (χ0n) is 7.62. The van der Waals surface area contributed by atoms with Crippen molar-refractivity contribution >= 4 is 0 Å². The molecule has 0 aliphatic carbocycles. The minimum absolute atomic E-state index is 0.248. The highest BCUT2D eigenvalue weighted by Gasteiger charge is 2.16. The number of rotatable bonds is 2. The SMILES string of the molecule is C=CC1=CNC(C)(C=CC#N)C=C1. The zero-order valence-corrected chi connectivity index (χ0v) is 7.62. The smallest absolute Gasteiger partial charge is 0.0909 e. The Morgan fingerprint density at radius 1 is 1.69 bits per heavy atom. The van der Waals surface area contributed by atoms with Gasteiger partial charge in [0.05, 0.1) is 11.6 Å². The summed E-state index contributed by atoms with van der Waals surface area (Å²) in [5.74, 6) is 0. The molecule has 13 heavy (non-hydrogen) atoms. The van der Waals surface area contributed by atoms with Gasteiger partial charge >= 0.3 is 0 Å². The van der Waals surface area contributed by atoms with Crippen molar-refractivity contribution in [3.8, 4) is 6.07 Å². The van der Waals surface area contributed by atoms with E-state index in [1.165, 1.54) is 6.08 Å². The summed E-state index contributed by atoms with van der Waals surface area (Å²) in [5.41, 5.74) is 0.797. The van der Waals surface area contributed by atoms with E-state index in [-0.39, 0.29) is 5.54 Å². The van der Waals surface area contributed by atoms with Gasteiger partial charge in [0.2, 0.25) is 0 Å². The molecule has 1 atom stereocenters. The molecular formula is C11H12N2. The number of nitriles is 1. The Kier molecular flexibility index (Phi) is 2.71. The minimum atomic E-state index is -0.248. The minimum Gasteiger partial charge on any atom is -0.378 e. The Hall–Kier alpha value is -1.75. The third-order valence-corrected chi connectivity index (χ3v) is 1.91. The molecule has 0 aromatic heterocycles. The summed E-state index contributed by atoms with van der Waals surface area (Å²) < 4.78 is 0. The van der Waals surface area contributed by atoms with Crippen molar-refractivity contribution in [3.05, 3.63) is 48.7 Å². The Balaban J connectivity index is 2.75. The number of hydrogen-bond donors (Lipinski definition) is 1. The van der Waals surface area contributed by atoms with Gasteiger partial charge in [-0.3, -0.25) is 0 Å². The monoisotopic (exact) mass is 172 g/mol. The highest BCUT2D eigenvalue weighted by molar-refractivity contribution is 5.37. The van der Waals surface area contributed by atoms with E-state index in [0.29, 0.717) is 0 Å². The second-order valence-electron chi connectivity index (χ2n) is 3.07. The zero-order chi connectivity index (χ0) is 9.73. The fourth-order valence-corrected chi connectivity index (χ4v) is 1.05. The Bertz CT molecular complexity index is 328. The Labute approximate surface area is 78.6 Å². The van der Waals surface area contributed by atoms with Gasteiger partial charge < -0.3 is 5.32 Å². The molecule has 0 aromatic carbocycles. The van der Waals surface area contributed by atoms with E-state index in [9.17, 15) is 0 Å². The maximum Gasteiger partial charge on any atom is 0.0909 e. The van der Waals surface area contributed by atoms with E-state index in [4.69, 9.17) is 5.26 Å². The van der Waals surface area contributed by atoms with Crippen LogP contribution in [-0.4, -0.2) is 5.54 Å². The molecule has 1 aliphatic rings. The maximum atomic E-state index is 8.39. The van der Waals surface area contributed by atoms with Crippen LogP contribution >= 0.6 is 0 Å². The van der Waals surface area contributed by atoms with Crippen LogP contribution < -0.4 is 5.32 Å². The summed E-state index contributed by atoms with van der Waals surface area (Å²) in [6, 6.07) is 1.97. The third-order valence-electron chi connectivity index (χ3n) is 1.91. The van der Waals surface area contributed by atoms with Gasteiger partial charge in [0, 0.05) is 12.3 Å². The van der Waals surface area contributed by atoms with Crippen LogP contribution in [-0.2, 0) is 0 Å². The van der Waals surface area contributed by atoms with E-state index in [1.807, 2.05) is 37.4 Å². The number of hydrogen-bond acceptors (Lipinski definition) is 2. The highest BCUT2D eigenvalue weighted by Crippen LogP contribution is 2.15. The maximum absolute atomic E-state index is 8.39. The first kappa shape index (κ1) is 9.34. The molecule has 2 nitrogen and oxygen atoms in total. The topological polar surface area (TPSA) is 35.8 Å². The van der Waals surface area contributed by atoms with Crippen LogP contribution in [0.2, 0.25) is 0 Å². The second kappa shape index (κ2) is 3.77. The van der Waals surface area contributed by atoms with Crippen molar-refractivity contribution in [2.75, 3.05) is 0 Å². The molecule has 0 amide bonds. The molecule has 1 heterocycles. The lowest BCUT2D eigenvalue weighted by molar-refractivity contribution is 0.609. The summed E-state index contributed by atoms with van der Waals surface area (Å²) >= 11 is 0. The largest absolute Gasteiger partial charge is 0.378 e. The molecule has 1 rings (SSSR count). The van der Waals surface area contributed by atoms with Crippen molar-refractivity contribution in [1.82, 2.24) is 5.32 Å². The molecule has 1 unspecified atom stereocenters. The van der Waals surface area contributed by atoms with Crippen molar-refractivity contribution in [1.29, 1.82) is 5.26 Å². The molecule has 0 fully saturated rings.